The van der Waals surface area contributed by atoms with Crippen LogP contribution in [0.5, 0.6) is 0 Å². The van der Waals surface area contributed by atoms with Gasteiger partial charge in [-0.2, -0.15) is 5.10 Å². The topological polar surface area (TPSA) is 76.6 Å². The van der Waals surface area contributed by atoms with Crippen LogP contribution in [0.25, 0.3) is 0 Å². The Balaban J connectivity index is 1.65. The molecule has 0 N–H and O–H groups in total. The third-order valence-corrected chi connectivity index (χ3v) is 3.97. The van der Waals surface area contributed by atoms with E-state index in [0.29, 0.717) is 26.2 Å². The first-order valence-electron chi connectivity index (χ1n) is 8.41. The summed E-state index contributed by atoms with van der Waals surface area (Å²) in [4.78, 5) is 16.2. The van der Waals surface area contributed by atoms with E-state index in [1.165, 1.54) is 0 Å². The molecule has 0 fully saturated rings. The van der Waals surface area contributed by atoms with Gasteiger partial charge in [0.15, 0.2) is 0 Å². The van der Waals surface area contributed by atoms with Crippen molar-refractivity contribution >= 4 is 6.09 Å². The van der Waals surface area contributed by atoms with Crippen molar-refractivity contribution < 1.29 is 14.1 Å². The average Bonchev–Trinajstić information content (AvgIpc) is 3.15. The normalized spacial score (nSPS) is 14.7. The van der Waals surface area contributed by atoms with Gasteiger partial charge in [-0.05, 0) is 27.8 Å². The molecule has 0 aromatic carbocycles. The summed E-state index contributed by atoms with van der Waals surface area (Å²) in [5.74, 6) is 0. The standard InChI is InChI=1S/C17H25N5O3/c1-17(2,3)25-16(23)21-6-7-22-15(12-21)13(9-18-22)10-20(4)11-14-5-8-24-19-14/h5,8-9H,6-7,10-12H2,1-4H3. The van der Waals surface area contributed by atoms with E-state index < -0.39 is 5.60 Å². The molecule has 0 aliphatic carbocycles. The SMILES string of the molecule is CN(Cc1ccon1)Cc1cnn2c1CN(C(=O)OC(C)(C)C)CC2. The minimum Gasteiger partial charge on any atom is -0.444 e. The lowest BCUT2D eigenvalue weighted by atomic mass is 10.2. The maximum absolute atomic E-state index is 12.3. The maximum atomic E-state index is 12.3. The molecule has 2 aromatic rings. The number of fused-ring (bicyclic) bond motifs is 1. The molecule has 1 amide bonds. The van der Waals surface area contributed by atoms with Crippen molar-refractivity contribution in [2.45, 2.75) is 52.6 Å². The lowest BCUT2D eigenvalue weighted by Crippen LogP contribution is -2.42. The summed E-state index contributed by atoms with van der Waals surface area (Å²) in [7, 11) is 2.02. The number of rotatable bonds is 4. The van der Waals surface area contributed by atoms with Gasteiger partial charge in [0.25, 0.3) is 0 Å². The van der Waals surface area contributed by atoms with E-state index in [1.54, 1.807) is 11.2 Å². The Bertz CT molecular complexity index is 717. The lowest BCUT2D eigenvalue weighted by Gasteiger charge is -2.31. The maximum Gasteiger partial charge on any atom is 0.410 e. The first-order valence-corrected chi connectivity index (χ1v) is 8.41. The summed E-state index contributed by atoms with van der Waals surface area (Å²) in [6.45, 7) is 8.86. The number of carbonyl (C=O) groups is 1. The number of nitrogens with zero attached hydrogens (tertiary/aromatic N) is 5. The summed E-state index contributed by atoms with van der Waals surface area (Å²) in [5.41, 5.74) is 2.57. The number of aromatic nitrogens is 3. The van der Waals surface area contributed by atoms with Crippen molar-refractivity contribution in [3.05, 3.63) is 35.5 Å². The molecule has 0 spiro atoms. The van der Waals surface area contributed by atoms with Crippen molar-refractivity contribution in [3.63, 3.8) is 0 Å². The van der Waals surface area contributed by atoms with Gasteiger partial charge in [-0.1, -0.05) is 5.16 Å². The van der Waals surface area contributed by atoms with E-state index in [4.69, 9.17) is 9.26 Å². The molecule has 0 saturated carbocycles. The zero-order valence-corrected chi connectivity index (χ0v) is 15.2. The molecule has 136 valence electrons. The van der Waals surface area contributed by atoms with Crippen molar-refractivity contribution in [2.75, 3.05) is 13.6 Å². The quantitative estimate of drug-likeness (QED) is 0.844. The molecule has 0 saturated heterocycles. The van der Waals surface area contributed by atoms with Gasteiger partial charge in [-0.25, -0.2) is 4.79 Å². The zero-order chi connectivity index (χ0) is 18.0. The van der Waals surface area contributed by atoms with Gasteiger partial charge in [0, 0.05) is 31.3 Å². The highest BCUT2D eigenvalue weighted by molar-refractivity contribution is 5.68. The molecule has 2 aromatic heterocycles. The van der Waals surface area contributed by atoms with Crippen LogP contribution in [0.1, 0.15) is 37.7 Å². The molecule has 0 atom stereocenters. The Morgan fingerprint density at radius 3 is 2.84 bits per heavy atom. The molecule has 1 aliphatic heterocycles. The van der Waals surface area contributed by atoms with Gasteiger partial charge in [-0.3, -0.25) is 9.58 Å². The second kappa shape index (κ2) is 6.87. The van der Waals surface area contributed by atoms with E-state index in [-0.39, 0.29) is 6.09 Å². The van der Waals surface area contributed by atoms with Crippen molar-refractivity contribution in [3.8, 4) is 0 Å². The highest BCUT2D eigenvalue weighted by Gasteiger charge is 2.27. The third-order valence-electron chi connectivity index (χ3n) is 3.97. The Kier molecular flexibility index (Phi) is 4.80. The fourth-order valence-corrected chi connectivity index (χ4v) is 2.86. The van der Waals surface area contributed by atoms with Gasteiger partial charge < -0.3 is 14.2 Å². The summed E-state index contributed by atoms with van der Waals surface area (Å²) >= 11 is 0. The first kappa shape index (κ1) is 17.5. The van der Waals surface area contributed by atoms with E-state index in [1.807, 2.05) is 44.8 Å². The third kappa shape index (κ3) is 4.39. The minimum absolute atomic E-state index is 0.276. The van der Waals surface area contributed by atoms with Crippen LogP contribution < -0.4 is 0 Å². The van der Waals surface area contributed by atoms with E-state index in [9.17, 15) is 4.79 Å². The Hall–Kier alpha value is -2.35. The molecule has 0 unspecified atom stereocenters. The van der Waals surface area contributed by atoms with E-state index in [2.05, 4.69) is 15.2 Å². The Labute approximate surface area is 147 Å². The second-order valence-electron chi connectivity index (χ2n) is 7.40. The van der Waals surface area contributed by atoms with E-state index >= 15 is 0 Å². The van der Waals surface area contributed by atoms with Crippen molar-refractivity contribution in [1.29, 1.82) is 0 Å². The molecule has 1 aliphatic rings. The number of ether oxygens (including phenoxy) is 1. The predicted octanol–water partition coefficient (Wildman–Crippen LogP) is 2.25. The van der Waals surface area contributed by atoms with Crippen LogP contribution in [0.2, 0.25) is 0 Å². The molecule has 8 nitrogen and oxygen atoms in total. The van der Waals surface area contributed by atoms with Gasteiger partial charge in [0.2, 0.25) is 0 Å². The molecular formula is C17H25N5O3. The summed E-state index contributed by atoms with van der Waals surface area (Å²) < 4.78 is 12.3. The van der Waals surface area contributed by atoms with Crippen LogP contribution in [0.3, 0.4) is 0 Å². The number of hydrogen-bond acceptors (Lipinski definition) is 6. The molecule has 0 bridgehead atoms. The van der Waals surface area contributed by atoms with Gasteiger partial charge in [-0.15, -0.1) is 0 Å². The smallest absolute Gasteiger partial charge is 0.410 e. The van der Waals surface area contributed by atoms with Crippen LogP contribution >= 0.6 is 0 Å². The average molecular weight is 347 g/mol. The largest absolute Gasteiger partial charge is 0.444 e. The monoisotopic (exact) mass is 347 g/mol. The molecule has 8 heteroatoms. The van der Waals surface area contributed by atoms with Gasteiger partial charge in [0.1, 0.15) is 11.9 Å². The molecule has 3 heterocycles. The molecule has 25 heavy (non-hydrogen) atoms. The Morgan fingerprint density at radius 2 is 2.16 bits per heavy atom. The van der Waals surface area contributed by atoms with Gasteiger partial charge >= 0.3 is 6.09 Å². The highest BCUT2D eigenvalue weighted by Crippen LogP contribution is 2.20. The minimum atomic E-state index is -0.491. The van der Waals surface area contributed by atoms with Crippen LogP contribution in [-0.2, 0) is 30.9 Å². The molecule has 3 rings (SSSR count). The Morgan fingerprint density at radius 1 is 1.36 bits per heavy atom. The van der Waals surface area contributed by atoms with Gasteiger partial charge in [0.05, 0.1) is 30.7 Å². The fraction of sp³-hybridized carbons (Fsp3) is 0.588. The highest BCUT2D eigenvalue weighted by atomic mass is 16.6. The van der Waals surface area contributed by atoms with Crippen LogP contribution in [0.4, 0.5) is 4.79 Å². The zero-order valence-electron chi connectivity index (χ0n) is 15.2. The number of amides is 1. The summed E-state index contributed by atoms with van der Waals surface area (Å²) in [6.07, 6.45) is 3.18. The lowest BCUT2D eigenvalue weighted by molar-refractivity contribution is 0.0193. The predicted molar refractivity (Wildman–Crippen MR) is 90.5 cm³/mol. The second-order valence-corrected chi connectivity index (χ2v) is 7.40. The van der Waals surface area contributed by atoms with Crippen LogP contribution in [0, 0.1) is 0 Å². The first-order chi connectivity index (χ1) is 11.8. The van der Waals surface area contributed by atoms with Crippen molar-refractivity contribution in [1.82, 2.24) is 24.7 Å². The molecule has 0 radical (unpaired) electrons. The van der Waals surface area contributed by atoms with E-state index in [0.717, 1.165) is 23.5 Å². The summed E-state index contributed by atoms with van der Waals surface area (Å²) in [6, 6.07) is 1.86. The molecular weight excluding hydrogens is 322 g/mol. The van der Waals surface area contributed by atoms with Crippen LogP contribution in [-0.4, -0.2) is 50.0 Å². The van der Waals surface area contributed by atoms with Crippen molar-refractivity contribution in [2.24, 2.45) is 0 Å². The summed E-state index contributed by atoms with van der Waals surface area (Å²) in [5, 5.41) is 8.39. The van der Waals surface area contributed by atoms with Crippen LogP contribution in [0.15, 0.2) is 23.0 Å². The fourth-order valence-electron chi connectivity index (χ4n) is 2.86. The number of carbonyl (C=O) groups excluding carboxylic acids is 1. The number of hydrogen-bond donors (Lipinski definition) is 0.